The van der Waals surface area contributed by atoms with Crippen molar-refractivity contribution in [1.82, 2.24) is 4.98 Å². The molecule has 1 aromatic rings. The number of aliphatic carboxylic acids is 1. The predicted octanol–water partition coefficient (Wildman–Crippen LogP) is 0.691. The molecule has 5 heteroatoms. The van der Waals surface area contributed by atoms with Gasteiger partial charge in [0.25, 0.3) is 0 Å². The molecular weight excluding hydrogens is 186 g/mol. The summed E-state index contributed by atoms with van der Waals surface area (Å²) in [4.78, 5) is 14.1. The predicted molar refractivity (Wildman–Crippen MR) is 48.1 cm³/mol. The van der Waals surface area contributed by atoms with Crippen molar-refractivity contribution in [1.29, 1.82) is 0 Å². The van der Waals surface area contributed by atoms with Crippen molar-refractivity contribution in [2.45, 2.75) is 6.61 Å². The largest absolute Gasteiger partial charge is 0.481 e. The van der Waals surface area contributed by atoms with Gasteiger partial charge >= 0.3 is 5.97 Å². The maximum Gasteiger partial charge on any atom is 0.329 e. The average Bonchev–Trinajstić information content (AvgIpc) is 2.18. The SMILES string of the molecule is COc1ncccc1COCC(=O)O. The lowest BCUT2D eigenvalue weighted by Gasteiger charge is -2.05. The Morgan fingerprint density at radius 2 is 2.43 bits per heavy atom. The minimum absolute atomic E-state index is 0.184. The number of hydrogen-bond donors (Lipinski definition) is 1. The standard InChI is InChI=1S/C9H11NO4/c1-13-9-7(3-2-4-10-9)5-14-6-8(11)12/h2-4H,5-6H2,1H3,(H,11,12). The second kappa shape index (κ2) is 5.18. The highest BCUT2D eigenvalue weighted by atomic mass is 16.5. The van der Waals surface area contributed by atoms with E-state index in [0.29, 0.717) is 5.88 Å². The van der Waals surface area contributed by atoms with E-state index in [1.165, 1.54) is 7.11 Å². The maximum atomic E-state index is 10.2. The Labute approximate surface area is 81.3 Å². The first-order chi connectivity index (χ1) is 6.74. The van der Waals surface area contributed by atoms with Crippen LogP contribution in [0.5, 0.6) is 5.88 Å². The number of carboxylic acids is 1. The van der Waals surface area contributed by atoms with E-state index in [2.05, 4.69) is 4.98 Å². The summed E-state index contributed by atoms with van der Waals surface area (Å²) in [6.07, 6.45) is 1.60. The molecule has 0 unspecified atom stereocenters. The van der Waals surface area contributed by atoms with Gasteiger partial charge in [0.15, 0.2) is 0 Å². The lowest BCUT2D eigenvalue weighted by Crippen LogP contribution is -2.07. The number of carboxylic acid groups (broad SMARTS) is 1. The molecule has 1 heterocycles. The minimum atomic E-state index is -0.993. The number of carbonyl (C=O) groups is 1. The van der Waals surface area contributed by atoms with Crippen LogP contribution in [0.1, 0.15) is 5.56 Å². The normalized spacial score (nSPS) is 9.79. The summed E-state index contributed by atoms with van der Waals surface area (Å²) in [5.74, 6) is -0.536. The monoisotopic (exact) mass is 197 g/mol. The smallest absolute Gasteiger partial charge is 0.329 e. The highest BCUT2D eigenvalue weighted by Gasteiger charge is 2.04. The van der Waals surface area contributed by atoms with Gasteiger partial charge in [-0.05, 0) is 12.1 Å². The van der Waals surface area contributed by atoms with Gasteiger partial charge in [-0.3, -0.25) is 0 Å². The van der Waals surface area contributed by atoms with Crippen LogP contribution in [0.25, 0.3) is 0 Å². The van der Waals surface area contributed by atoms with Crippen LogP contribution >= 0.6 is 0 Å². The molecule has 0 aromatic carbocycles. The molecule has 0 spiro atoms. The van der Waals surface area contributed by atoms with Crippen molar-refractivity contribution < 1.29 is 19.4 Å². The zero-order valence-corrected chi connectivity index (χ0v) is 7.77. The third-order valence-electron chi connectivity index (χ3n) is 1.53. The van der Waals surface area contributed by atoms with Crippen molar-refractivity contribution in [3.8, 4) is 5.88 Å². The number of methoxy groups -OCH3 is 1. The van der Waals surface area contributed by atoms with Crippen LogP contribution in [0, 0.1) is 0 Å². The Bertz CT molecular complexity index is 313. The summed E-state index contributed by atoms with van der Waals surface area (Å²) in [6.45, 7) is -0.138. The molecule has 0 saturated heterocycles. The van der Waals surface area contributed by atoms with Gasteiger partial charge in [-0.2, -0.15) is 0 Å². The van der Waals surface area contributed by atoms with Gasteiger partial charge in [0.05, 0.1) is 13.7 Å². The van der Waals surface area contributed by atoms with Gasteiger partial charge in [-0.15, -0.1) is 0 Å². The van der Waals surface area contributed by atoms with Gasteiger partial charge in [-0.25, -0.2) is 9.78 Å². The van der Waals surface area contributed by atoms with Gasteiger partial charge in [0.1, 0.15) is 6.61 Å². The second-order valence-corrected chi connectivity index (χ2v) is 2.56. The lowest BCUT2D eigenvalue weighted by molar-refractivity contribution is -0.142. The minimum Gasteiger partial charge on any atom is -0.481 e. The molecule has 0 bridgehead atoms. The first-order valence-corrected chi connectivity index (χ1v) is 4.01. The van der Waals surface area contributed by atoms with E-state index in [4.69, 9.17) is 14.6 Å². The van der Waals surface area contributed by atoms with Crippen LogP contribution in [-0.4, -0.2) is 29.8 Å². The molecule has 1 aromatic heterocycles. The Hall–Kier alpha value is -1.62. The van der Waals surface area contributed by atoms with E-state index in [1.54, 1.807) is 18.3 Å². The Balaban J connectivity index is 2.53. The van der Waals surface area contributed by atoms with Crippen LogP contribution in [0.2, 0.25) is 0 Å². The van der Waals surface area contributed by atoms with Crippen molar-refractivity contribution in [3.05, 3.63) is 23.9 Å². The van der Waals surface area contributed by atoms with Crippen LogP contribution in [-0.2, 0) is 16.1 Å². The van der Waals surface area contributed by atoms with Gasteiger partial charge in [-0.1, -0.05) is 0 Å². The van der Waals surface area contributed by atoms with Crippen molar-refractivity contribution in [3.63, 3.8) is 0 Å². The number of ether oxygens (including phenoxy) is 2. The molecular formula is C9H11NO4. The van der Waals surface area contributed by atoms with E-state index in [9.17, 15) is 4.79 Å². The molecule has 0 radical (unpaired) electrons. The van der Waals surface area contributed by atoms with Gasteiger partial charge < -0.3 is 14.6 Å². The molecule has 0 aliphatic rings. The highest BCUT2D eigenvalue weighted by Crippen LogP contribution is 2.14. The van der Waals surface area contributed by atoms with Crippen molar-refractivity contribution >= 4 is 5.97 Å². The molecule has 0 aliphatic carbocycles. The lowest BCUT2D eigenvalue weighted by atomic mass is 10.3. The van der Waals surface area contributed by atoms with E-state index >= 15 is 0 Å². The summed E-state index contributed by atoms with van der Waals surface area (Å²) in [6, 6.07) is 3.51. The fourth-order valence-electron chi connectivity index (χ4n) is 0.966. The van der Waals surface area contributed by atoms with E-state index in [1.807, 2.05) is 0 Å². The second-order valence-electron chi connectivity index (χ2n) is 2.56. The molecule has 5 nitrogen and oxygen atoms in total. The van der Waals surface area contributed by atoms with Crippen molar-refractivity contribution in [2.24, 2.45) is 0 Å². The molecule has 0 aliphatic heterocycles. The zero-order chi connectivity index (χ0) is 10.4. The number of pyridine rings is 1. The fraction of sp³-hybridized carbons (Fsp3) is 0.333. The summed E-state index contributed by atoms with van der Waals surface area (Å²) in [5.41, 5.74) is 0.733. The molecule has 76 valence electrons. The third-order valence-corrected chi connectivity index (χ3v) is 1.53. The maximum absolute atomic E-state index is 10.2. The van der Waals surface area contributed by atoms with Crippen molar-refractivity contribution in [2.75, 3.05) is 13.7 Å². The summed E-state index contributed by atoms with van der Waals surface area (Å²) in [5, 5.41) is 8.35. The molecule has 0 amide bonds. The number of aromatic nitrogens is 1. The van der Waals surface area contributed by atoms with Gasteiger partial charge in [0.2, 0.25) is 5.88 Å². The van der Waals surface area contributed by atoms with E-state index in [-0.39, 0.29) is 13.2 Å². The van der Waals surface area contributed by atoms with Crippen LogP contribution < -0.4 is 4.74 Å². The zero-order valence-electron chi connectivity index (χ0n) is 7.77. The molecule has 0 fully saturated rings. The Morgan fingerprint density at radius 3 is 3.07 bits per heavy atom. The molecule has 14 heavy (non-hydrogen) atoms. The first-order valence-electron chi connectivity index (χ1n) is 4.01. The number of hydrogen-bond acceptors (Lipinski definition) is 4. The number of nitrogens with zero attached hydrogens (tertiary/aromatic N) is 1. The summed E-state index contributed by atoms with van der Waals surface area (Å²) in [7, 11) is 1.50. The van der Waals surface area contributed by atoms with Gasteiger partial charge in [0, 0.05) is 11.8 Å². The van der Waals surface area contributed by atoms with Crippen LogP contribution in [0.4, 0.5) is 0 Å². The quantitative estimate of drug-likeness (QED) is 0.752. The summed E-state index contributed by atoms with van der Waals surface area (Å²) >= 11 is 0. The molecule has 1 N–H and O–H groups in total. The molecule has 1 rings (SSSR count). The average molecular weight is 197 g/mol. The summed E-state index contributed by atoms with van der Waals surface area (Å²) < 4.78 is 9.87. The fourth-order valence-corrected chi connectivity index (χ4v) is 0.966. The van der Waals surface area contributed by atoms with E-state index in [0.717, 1.165) is 5.56 Å². The Kier molecular flexibility index (Phi) is 3.87. The molecule has 0 atom stereocenters. The van der Waals surface area contributed by atoms with E-state index < -0.39 is 5.97 Å². The van der Waals surface area contributed by atoms with Crippen LogP contribution in [0.15, 0.2) is 18.3 Å². The van der Waals surface area contributed by atoms with Crippen LogP contribution in [0.3, 0.4) is 0 Å². The topological polar surface area (TPSA) is 68.7 Å². The first kappa shape index (κ1) is 10.5. The third kappa shape index (κ3) is 3.02. The number of rotatable bonds is 5. The molecule has 0 saturated carbocycles. The highest BCUT2D eigenvalue weighted by molar-refractivity contribution is 5.67. The Morgan fingerprint density at radius 1 is 1.64 bits per heavy atom.